The van der Waals surface area contributed by atoms with Gasteiger partial charge in [0, 0.05) is 38.0 Å². The third-order valence-corrected chi connectivity index (χ3v) is 5.01. The van der Waals surface area contributed by atoms with Crippen LogP contribution in [-0.2, 0) is 4.79 Å². The van der Waals surface area contributed by atoms with E-state index in [9.17, 15) is 18.0 Å². The molecule has 0 aliphatic carbocycles. The molecule has 9 heteroatoms. The Morgan fingerprint density at radius 1 is 1.17 bits per heavy atom. The lowest BCUT2D eigenvalue weighted by Gasteiger charge is -2.33. The molecule has 1 fully saturated rings. The molecule has 1 aliphatic rings. The maximum atomic E-state index is 14.3. The zero-order chi connectivity index (χ0) is 20.5. The standard InChI is InChI=1S/C20H17F3N4O2/c21-14-8-16(23)15(22)7-12(14)19-25-17-3-4-24-9-13(17)20(26-19)27-5-1-2-11(10-27)6-18(28)29/h3-4,7-9,11H,1-2,5-6,10H2,(H,28,29). The summed E-state index contributed by atoms with van der Waals surface area (Å²) < 4.78 is 41.4. The Hall–Kier alpha value is -3.23. The molecular weight excluding hydrogens is 385 g/mol. The predicted octanol–water partition coefficient (Wildman–Crippen LogP) is 3.80. The second kappa shape index (κ2) is 7.65. The normalized spacial score (nSPS) is 16.9. The summed E-state index contributed by atoms with van der Waals surface area (Å²) in [6.45, 7) is 1.10. The number of hydrogen-bond donors (Lipinski definition) is 1. The molecule has 0 bridgehead atoms. The van der Waals surface area contributed by atoms with E-state index in [1.54, 1.807) is 12.3 Å². The predicted molar refractivity (Wildman–Crippen MR) is 99.8 cm³/mol. The SMILES string of the molecule is O=C(O)CC1CCCN(c2nc(-c3cc(F)c(F)cc3F)nc3ccncc23)C1. The first kappa shape index (κ1) is 19.1. The topological polar surface area (TPSA) is 79.2 Å². The van der Waals surface area contributed by atoms with Gasteiger partial charge >= 0.3 is 5.97 Å². The van der Waals surface area contributed by atoms with Gasteiger partial charge < -0.3 is 10.0 Å². The van der Waals surface area contributed by atoms with Gasteiger partial charge in [-0.1, -0.05) is 0 Å². The summed E-state index contributed by atoms with van der Waals surface area (Å²) >= 11 is 0. The van der Waals surface area contributed by atoms with Crippen LogP contribution in [0.15, 0.2) is 30.6 Å². The van der Waals surface area contributed by atoms with Gasteiger partial charge in [-0.05, 0) is 30.9 Å². The van der Waals surface area contributed by atoms with E-state index < -0.39 is 23.4 Å². The Kier molecular flexibility index (Phi) is 5.04. The summed E-state index contributed by atoms with van der Waals surface area (Å²) in [6, 6.07) is 2.83. The number of fused-ring (bicyclic) bond motifs is 1. The average molecular weight is 402 g/mol. The Balaban J connectivity index is 1.82. The van der Waals surface area contributed by atoms with E-state index in [-0.39, 0.29) is 23.7 Å². The summed E-state index contributed by atoms with van der Waals surface area (Å²) in [5, 5.41) is 9.72. The van der Waals surface area contributed by atoms with E-state index in [0.29, 0.717) is 35.9 Å². The number of anilines is 1. The van der Waals surface area contributed by atoms with Crippen molar-refractivity contribution in [3.63, 3.8) is 0 Å². The van der Waals surface area contributed by atoms with Gasteiger partial charge in [-0.3, -0.25) is 9.78 Å². The highest BCUT2D eigenvalue weighted by Crippen LogP contribution is 2.32. The zero-order valence-electron chi connectivity index (χ0n) is 15.3. The molecule has 2 aromatic heterocycles. The van der Waals surface area contributed by atoms with Gasteiger partial charge in [-0.25, -0.2) is 23.1 Å². The Bertz CT molecular complexity index is 1090. The number of pyridine rings is 1. The quantitative estimate of drug-likeness (QED) is 0.669. The molecule has 150 valence electrons. The van der Waals surface area contributed by atoms with Gasteiger partial charge in [-0.2, -0.15) is 0 Å². The number of aromatic nitrogens is 3. The molecule has 1 atom stereocenters. The first-order valence-corrected chi connectivity index (χ1v) is 9.16. The number of nitrogens with zero attached hydrogens (tertiary/aromatic N) is 4. The largest absolute Gasteiger partial charge is 0.481 e. The number of carbonyl (C=O) groups is 1. The lowest BCUT2D eigenvalue weighted by molar-refractivity contribution is -0.138. The minimum Gasteiger partial charge on any atom is -0.481 e. The first-order chi connectivity index (χ1) is 13.9. The molecule has 0 saturated carbocycles. The molecule has 0 amide bonds. The number of piperidine rings is 1. The average Bonchev–Trinajstić information content (AvgIpc) is 2.69. The molecule has 0 radical (unpaired) electrons. The van der Waals surface area contributed by atoms with E-state index in [1.165, 1.54) is 6.20 Å². The van der Waals surface area contributed by atoms with Crippen LogP contribution in [0.2, 0.25) is 0 Å². The number of carboxylic acid groups (broad SMARTS) is 1. The maximum Gasteiger partial charge on any atom is 0.303 e. The molecule has 1 saturated heterocycles. The van der Waals surface area contributed by atoms with Crippen molar-refractivity contribution in [2.24, 2.45) is 5.92 Å². The van der Waals surface area contributed by atoms with Crippen molar-refractivity contribution in [2.75, 3.05) is 18.0 Å². The fraction of sp³-hybridized carbons (Fsp3) is 0.300. The molecule has 0 spiro atoms. The van der Waals surface area contributed by atoms with E-state index >= 15 is 0 Å². The van der Waals surface area contributed by atoms with Gasteiger partial charge in [0.05, 0.1) is 16.5 Å². The van der Waals surface area contributed by atoms with Crippen LogP contribution in [0, 0.1) is 23.4 Å². The molecule has 1 unspecified atom stereocenters. The number of aliphatic carboxylic acids is 1. The van der Waals surface area contributed by atoms with Crippen LogP contribution in [0.5, 0.6) is 0 Å². The van der Waals surface area contributed by atoms with Crippen LogP contribution in [0.4, 0.5) is 19.0 Å². The molecule has 6 nitrogen and oxygen atoms in total. The summed E-state index contributed by atoms with van der Waals surface area (Å²) in [4.78, 5) is 25.9. The van der Waals surface area contributed by atoms with Crippen LogP contribution < -0.4 is 4.90 Å². The van der Waals surface area contributed by atoms with E-state index in [2.05, 4.69) is 15.0 Å². The molecular formula is C20H17F3N4O2. The molecule has 29 heavy (non-hydrogen) atoms. The molecule has 1 aliphatic heterocycles. The summed E-state index contributed by atoms with van der Waals surface area (Å²) in [5.41, 5.74) is 0.229. The van der Waals surface area contributed by atoms with Crippen molar-refractivity contribution in [1.29, 1.82) is 0 Å². The van der Waals surface area contributed by atoms with Gasteiger partial charge in [-0.15, -0.1) is 0 Å². The number of benzene rings is 1. The number of carboxylic acids is 1. The molecule has 3 heterocycles. The van der Waals surface area contributed by atoms with Gasteiger partial charge in [0.1, 0.15) is 11.6 Å². The van der Waals surface area contributed by atoms with Crippen LogP contribution in [0.1, 0.15) is 19.3 Å². The van der Waals surface area contributed by atoms with E-state index in [4.69, 9.17) is 5.11 Å². The highest BCUT2D eigenvalue weighted by molar-refractivity contribution is 5.90. The number of halogens is 3. The number of hydrogen-bond acceptors (Lipinski definition) is 5. The maximum absolute atomic E-state index is 14.3. The molecule has 4 rings (SSSR count). The number of rotatable bonds is 4. The second-order valence-electron chi connectivity index (χ2n) is 7.06. The third-order valence-electron chi connectivity index (χ3n) is 5.01. The zero-order valence-corrected chi connectivity index (χ0v) is 15.3. The molecule has 1 N–H and O–H groups in total. The van der Waals surface area contributed by atoms with Crippen molar-refractivity contribution in [3.05, 3.63) is 48.0 Å². The Morgan fingerprint density at radius 3 is 2.76 bits per heavy atom. The lowest BCUT2D eigenvalue weighted by Crippen LogP contribution is -2.37. The van der Waals surface area contributed by atoms with Crippen LogP contribution >= 0.6 is 0 Å². The monoisotopic (exact) mass is 402 g/mol. The highest BCUT2D eigenvalue weighted by Gasteiger charge is 2.25. The lowest BCUT2D eigenvalue weighted by atomic mass is 9.94. The van der Waals surface area contributed by atoms with E-state index in [1.807, 2.05) is 4.90 Å². The minimum absolute atomic E-state index is 0.0441. The van der Waals surface area contributed by atoms with E-state index in [0.717, 1.165) is 18.9 Å². The van der Waals surface area contributed by atoms with Gasteiger partial charge in [0.15, 0.2) is 17.5 Å². The van der Waals surface area contributed by atoms with Crippen molar-refractivity contribution in [2.45, 2.75) is 19.3 Å². The highest BCUT2D eigenvalue weighted by atomic mass is 19.2. The Morgan fingerprint density at radius 2 is 1.97 bits per heavy atom. The van der Waals surface area contributed by atoms with Crippen molar-refractivity contribution >= 4 is 22.7 Å². The van der Waals surface area contributed by atoms with Crippen LogP contribution in [0.3, 0.4) is 0 Å². The van der Waals surface area contributed by atoms with Crippen LogP contribution in [0.25, 0.3) is 22.3 Å². The minimum atomic E-state index is -1.29. The van der Waals surface area contributed by atoms with Crippen LogP contribution in [-0.4, -0.2) is 39.1 Å². The van der Waals surface area contributed by atoms with Crippen molar-refractivity contribution in [3.8, 4) is 11.4 Å². The molecule has 1 aromatic carbocycles. The third kappa shape index (κ3) is 3.85. The van der Waals surface area contributed by atoms with Crippen molar-refractivity contribution < 1.29 is 23.1 Å². The smallest absolute Gasteiger partial charge is 0.303 e. The Labute approximate surface area is 164 Å². The first-order valence-electron chi connectivity index (χ1n) is 9.16. The fourth-order valence-corrected chi connectivity index (χ4v) is 3.68. The summed E-state index contributed by atoms with van der Waals surface area (Å²) in [5.74, 6) is -3.97. The van der Waals surface area contributed by atoms with Gasteiger partial charge in [0.25, 0.3) is 0 Å². The summed E-state index contributed by atoms with van der Waals surface area (Å²) in [7, 11) is 0. The summed E-state index contributed by atoms with van der Waals surface area (Å²) in [6.07, 6.45) is 4.71. The van der Waals surface area contributed by atoms with Gasteiger partial charge in [0.2, 0.25) is 0 Å². The molecule has 3 aromatic rings. The second-order valence-corrected chi connectivity index (χ2v) is 7.06. The van der Waals surface area contributed by atoms with Crippen molar-refractivity contribution in [1.82, 2.24) is 15.0 Å². The fourth-order valence-electron chi connectivity index (χ4n) is 3.68.